The third-order valence-corrected chi connectivity index (χ3v) is 4.89. The van der Waals surface area contributed by atoms with E-state index in [1.165, 1.54) is 12.3 Å². The van der Waals surface area contributed by atoms with Crippen molar-refractivity contribution in [3.63, 3.8) is 0 Å². The molecule has 134 valence electrons. The van der Waals surface area contributed by atoms with Crippen molar-refractivity contribution in [3.05, 3.63) is 58.9 Å². The maximum absolute atomic E-state index is 10.7. The fraction of sp³-hybridized carbons (Fsp3) is 0.316. The molecule has 0 spiro atoms. The summed E-state index contributed by atoms with van der Waals surface area (Å²) in [5.74, 6) is 2.20. The molecule has 1 fully saturated rings. The summed E-state index contributed by atoms with van der Waals surface area (Å²) in [6, 6.07) is 11.4. The maximum atomic E-state index is 10.7. The molecule has 1 saturated heterocycles. The fourth-order valence-corrected chi connectivity index (χ4v) is 3.34. The molecule has 0 radical (unpaired) electrons. The molecule has 7 nitrogen and oxygen atoms in total. The topological polar surface area (TPSA) is 84.3 Å². The summed E-state index contributed by atoms with van der Waals surface area (Å²) in [7, 11) is 0. The van der Waals surface area contributed by atoms with Gasteiger partial charge in [-0.05, 0) is 49.1 Å². The van der Waals surface area contributed by atoms with E-state index in [-0.39, 0.29) is 5.69 Å². The molecule has 0 amide bonds. The van der Waals surface area contributed by atoms with Crippen molar-refractivity contribution >= 4 is 22.4 Å². The van der Waals surface area contributed by atoms with Gasteiger partial charge in [-0.1, -0.05) is 0 Å². The highest BCUT2D eigenvalue weighted by atomic mass is 16.6. The monoisotopic (exact) mass is 352 g/mol. The first-order valence-corrected chi connectivity index (χ1v) is 8.74. The van der Waals surface area contributed by atoms with Crippen LogP contribution in [0.15, 0.2) is 48.8 Å². The molecule has 0 unspecified atom stereocenters. The summed E-state index contributed by atoms with van der Waals surface area (Å²) in [6.07, 6.45) is 5.29. The zero-order valence-corrected chi connectivity index (χ0v) is 14.3. The van der Waals surface area contributed by atoms with Crippen LogP contribution >= 0.6 is 0 Å². The maximum Gasteiger partial charge on any atom is 0.287 e. The third-order valence-electron chi connectivity index (χ3n) is 4.89. The second-order valence-corrected chi connectivity index (χ2v) is 6.60. The molecular formula is C19H20N4O3. The number of benzene rings is 1. The average molecular weight is 352 g/mol. The minimum absolute atomic E-state index is 0.0245. The molecule has 26 heavy (non-hydrogen) atoms. The van der Waals surface area contributed by atoms with Crippen molar-refractivity contribution < 1.29 is 9.66 Å². The van der Waals surface area contributed by atoms with E-state index in [2.05, 4.69) is 20.9 Å². The molecule has 1 aliphatic rings. The quantitative estimate of drug-likeness (QED) is 0.558. The van der Waals surface area contributed by atoms with Crippen LogP contribution < -0.4 is 9.64 Å². The van der Waals surface area contributed by atoms with Gasteiger partial charge in [-0.3, -0.25) is 10.1 Å². The second kappa shape index (κ2) is 7.03. The lowest BCUT2D eigenvalue weighted by atomic mass is 9.98. The Hall–Kier alpha value is -3.09. The zero-order chi connectivity index (χ0) is 17.9. The highest BCUT2D eigenvalue weighted by Crippen LogP contribution is 2.25. The summed E-state index contributed by atoms with van der Waals surface area (Å²) in [5.41, 5.74) is 1.14. The number of nitro groups is 1. The van der Waals surface area contributed by atoms with Crippen molar-refractivity contribution in [2.45, 2.75) is 12.8 Å². The molecule has 3 heterocycles. The van der Waals surface area contributed by atoms with Crippen LogP contribution in [0.3, 0.4) is 0 Å². The average Bonchev–Trinajstić information content (AvgIpc) is 3.15. The third kappa shape index (κ3) is 3.46. The molecule has 3 aromatic rings. The zero-order valence-electron chi connectivity index (χ0n) is 14.3. The first-order valence-electron chi connectivity index (χ1n) is 8.74. The van der Waals surface area contributed by atoms with E-state index < -0.39 is 4.92 Å². The summed E-state index contributed by atoms with van der Waals surface area (Å²) < 4.78 is 5.98. The highest BCUT2D eigenvalue weighted by molar-refractivity contribution is 5.80. The molecule has 1 aromatic carbocycles. The smallest absolute Gasteiger partial charge is 0.287 e. The van der Waals surface area contributed by atoms with Crippen LogP contribution in [0.5, 0.6) is 5.75 Å². The Labute approximate surface area is 150 Å². The van der Waals surface area contributed by atoms with Crippen LogP contribution in [0.25, 0.3) is 10.9 Å². The van der Waals surface area contributed by atoms with E-state index in [9.17, 15) is 10.1 Å². The molecule has 1 aliphatic heterocycles. The number of nitrogens with one attached hydrogen (secondary N) is 1. The van der Waals surface area contributed by atoms with E-state index >= 15 is 0 Å². The van der Waals surface area contributed by atoms with Crippen LogP contribution in [0.2, 0.25) is 0 Å². The molecule has 0 bridgehead atoms. The van der Waals surface area contributed by atoms with Crippen LogP contribution in [-0.4, -0.2) is 34.6 Å². The number of pyridine rings is 1. The van der Waals surface area contributed by atoms with Gasteiger partial charge < -0.3 is 14.6 Å². The molecule has 0 aliphatic carbocycles. The second-order valence-electron chi connectivity index (χ2n) is 6.60. The number of nitrogens with zero attached hydrogens (tertiary/aromatic N) is 3. The highest BCUT2D eigenvalue weighted by Gasteiger charge is 2.21. The molecular weight excluding hydrogens is 332 g/mol. The largest absolute Gasteiger partial charge is 0.493 e. The van der Waals surface area contributed by atoms with Gasteiger partial charge in [0.2, 0.25) is 0 Å². The van der Waals surface area contributed by atoms with Crippen molar-refractivity contribution in [2.24, 2.45) is 5.92 Å². The van der Waals surface area contributed by atoms with Crippen LogP contribution in [0.1, 0.15) is 12.8 Å². The van der Waals surface area contributed by atoms with Gasteiger partial charge in [0.15, 0.2) is 0 Å². The molecule has 0 saturated carbocycles. The lowest BCUT2D eigenvalue weighted by Crippen LogP contribution is -2.36. The number of hydrogen-bond acceptors (Lipinski definition) is 5. The van der Waals surface area contributed by atoms with Crippen LogP contribution in [0.4, 0.5) is 11.5 Å². The summed E-state index contributed by atoms with van der Waals surface area (Å²) >= 11 is 0. The lowest BCUT2D eigenvalue weighted by molar-refractivity contribution is -0.385. The fourth-order valence-electron chi connectivity index (χ4n) is 3.34. The Balaban J connectivity index is 1.29. The predicted octanol–water partition coefficient (Wildman–Crippen LogP) is 3.77. The Kier molecular flexibility index (Phi) is 4.43. The Morgan fingerprint density at radius 1 is 1.23 bits per heavy atom. The first kappa shape index (κ1) is 16.4. The van der Waals surface area contributed by atoms with E-state index in [4.69, 9.17) is 4.74 Å². The van der Waals surface area contributed by atoms with Gasteiger partial charge in [0.1, 0.15) is 17.8 Å². The van der Waals surface area contributed by atoms with Gasteiger partial charge in [0.25, 0.3) is 5.69 Å². The first-order chi connectivity index (χ1) is 12.7. The summed E-state index contributed by atoms with van der Waals surface area (Å²) in [4.78, 5) is 19.9. The van der Waals surface area contributed by atoms with E-state index in [1.54, 1.807) is 6.07 Å². The van der Waals surface area contributed by atoms with Crippen LogP contribution in [-0.2, 0) is 0 Å². The Bertz CT molecular complexity index is 899. The Morgan fingerprint density at radius 3 is 2.81 bits per heavy atom. The number of piperidine rings is 1. The normalized spacial score (nSPS) is 15.3. The van der Waals surface area contributed by atoms with E-state index in [1.807, 2.05) is 24.4 Å². The van der Waals surface area contributed by atoms with Gasteiger partial charge in [0, 0.05) is 36.3 Å². The van der Waals surface area contributed by atoms with Gasteiger partial charge in [0.05, 0.1) is 11.5 Å². The number of aromatic nitrogens is 2. The number of ether oxygens (including phenoxy) is 1. The number of fused-ring (bicyclic) bond motifs is 1. The number of rotatable bonds is 5. The number of hydrogen-bond donors (Lipinski definition) is 1. The number of aromatic amines is 1. The minimum Gasteiger partial charge on any atom is -0.493 e. The van der Waals surface area contributed by atoms with Gasteiger partial charge in [-0.25, -0.2) is 4.98 Å². The van der Waals surface area contributed by atoms with E-state index in [0.717, 1.165) is 48.4 Å². The van der Waals surface area contributed by atoms with Gasteiger partial charge in [-0.15, -0.1) is 0 Å². The van der Waals surface area contributed by atoms with Gasteiger partial charge in [-0.2, -0.15) is 0 Å². The predicted molar refractivity (Wildman–Crippen MR) is 99.6 cm³/mol. The summed E-state index contributed by atoms with van der Waals surface area (Å²) in [6.45, 7) is 2.48. The lowest BCUT2D eigenvalue weighted by Gasteiger charge is -2.32. The van der Waals surface area contributed by atoms with Crippen LogP contribution in [0, 0.1) is 16.0 Å². The molecule has 0 atom stereocenters. The number of anilines is 1. The SMILES string of the molecule is O=[N+]([O-])c1ccc(N2CCC(COc3ccc4[nH]ccc4c3)CC2)nc1. The van der Waals surface area contributed by atoms with Crippen molar-refractivity contribution in [3.8, 4) is 5.75 Å². The minimum atomic E-state index is -0.425. The summed E-state index contributed by atoms with van der Waals surface area (Å²) in [5, 5.41) is 11.9. The number of H-pyrrole nitrogens is 1. The molecule has 2 aromatic heterocycles. The van der Waals surface area contributed by atoms with Crippen molar-refractivity contribution in [1.29, 1.82) is 0 Å². The van der Waals surface area contributed by atoms with E-state index in [0.29, 0.717) is 12.5 Å². The molecule has 4 rings (SSSR count). The Morgan fingerprint density at radius 2 is 2.08 bits per heavy atom. The van der Waals surface area contributed by atoms with Crippen molar-refractivity contribution in [1.82, 2.24) is 9.97 Å². The van der Waals surface area contributed by atoms with Gasteiger partial charge >= 0.3 is 0 Å². The van der Waals surface area contributed by atoms with Crippen molar-refractivity contribution in [2.75, 3.05) is 24.6 Å². The standard InChI is InChI=1S/C19H20N4O3/c24-23(25)16-1-4-19(21-12-16)22-9-6-14(7-10-22)13-26-17-2-3-18-15(11-17)5-8-20-18/h1-5,8,11-12,14,20H,6-7,9-10,13H2. The molecule has 7 heteroatoms. The molecule has 1 N–H and O–H groups in total.